The zero-order valence-corrected chi connectivity index (χ0v) is 9.31. The summed E-state index contributed by atoms with van der Waals surface area (Å²) in [6.45, 7) is 4.50. The van der Waals surface area contributed by atoms with E-state index in [1.807, 2.05) is 17.8 Å². The molecule has 0 aliphatic rings. The van der Waals surface area contributed by atoms with Gasteiger partial charge in [0.25, 0.3) is 0 Å². The number of aromatic nitrogens is 2. The molecule has 0 atom stereocenters. The average Bonchev–Trinajstić information content (AvgIpc) is 2.18. The van der Waals surface area contributed by atoms with E-state index in [-0.39, 0.29) is 0 Å². The van der Waals surface area contributed by atoms with Gasteiger partial charge in [-0.3, -0.25) is 4.98 Å². The fourth-order valence-electron chi connectivity index (χ4n) is 0.845. The molecule has 1 heterocycles. The average molecular weight is 230 g/mol. The van der Waals surface area contributed by atoms with E-state index in [0.29, 0.717) is 5.15 Å². The quantitative estimate of drug-likeness (QED) is 0.601. The molecule has 0 unspecified atom stereocenters. The van der Waals surface area contributed by atoms with E-state index in [1.165, 1.54) is 6.20 Å². The van der Waals surface area contributed by atoms with Gasteiger partial charge in [-0.1, -0.05) is 17.7 Å². The van der Waals surface area contributed by atoms with Crippen molar-refractivity contribution < 1.29 is 0 Å². The van der Waals surface area contributed by atoms with Crippen LogP contribution in [0.1, 0.15) is 0 Å². The van der Waals surface area contributed by atoms with Gasteiger partial charge >= 0.3 is 0 Å². The number of hydrogen-bond acceptors (Lipinski definition) is 4. The molecule has 0 spiro atoms. The number of thioether (sulfide) groups is 1. The molecule has 0 radical (unpaired) electrons. The topological polar surface area (TPSA) is 37.8 Å². The molecule has 1 rings (SSSR count). The Bertz CT molecular complexity index is 293. The molecule has 1 N–H and O–H groups in total. The predicted molar refractivity (Wildman–Crippen MR) is 63.1 cm³/mol. The summed E-state index contributed by atoms with van der Waals surface area (Å²) >= 11 is 7.49. The van der Waals surface area contributed by atoms with Crippen molar-refractivity contribution >= 4 is 29.2 Å². The van der Waals surface area contributed by atoms with E-state index < -0.39 is 0 Å². The molecule has 0 aromatic carbocycles. The molecule has 0 fully saturated rings. The predicted octanol–water partition coefficient (Wildman–Crippen LogP) is 2.46. The van der Waals surface area contributed by atoms with E-state index >= 15 is 0 Å². The lowest BCUT2D eigenvalue weighted by Crippen LogP contribution is -2.06. The van der Waals surface area contributed by atoms with Crippen molar-refractivity contribution in [3.63, 3.8) is 0 Å². The molecule has 0 aliphatic heterocycles. The Hall–Kier alpha value is -0.740. The molecule has 1 aromatic rings. The Kier molecular flexibility index (Phi) is 5.40. The van der Waals surface area contributed by atoms with Crippen molar-refractivity contribution in [2.75, 3.05) is 23.4 Å². The van der Waals surface area contributed by atoms with E-state index in [1.54, 1.807) is 6.20 Å². The maximum absolute atomic E-state index is 5.68. The van der Waals surface area contributed by atoms with Gasteiger partial charge in [-0.25, -0.2) is 4.98 Å². The highest BCUT2D eigenvalue weighted by atomic mass is 35.5. The minimum absolute atomic E-state index is 0.411. The third kappa shape index (κ3) is 4.48. The molecule has 5 heteroatoms. The smallest absolute Gasteiger partial charge is 0.149 e. The van der Waals surface area contributed by atoms with Crippen LogP contribution in [0.15, 0.2) is 25.0 Å². The zero-order chi connectivity index (χ0) is 10.2. The Balaban J connectivity index is 2.21. The minimum atomic E-state index is 0.411. The first-order valence-corrected chi connectivity index (χ1v) is 5.76. The molecular weight excluding hydrogens is 218 g/mol. The highest BCUT2D eigenvalue weighted by Crippen LogP contribution is 2.07. The first-order valence-electron chi connectivity index (χ1n) is 4.23. The molecule has 0 bridgehead atoms. The second-order valence-corrected chi connectivity index (χ2v) is 4.05. The molecule has 1 aromatic heterocycles. The van der Waals surface area contributed by atoms with Gasteiger partial charge in [0.15, 0.2) is 0 Å². The largest absolute Gasteiger partial charge is 0.368 e. The number of rotatable bonds is 6. The van der Waals surface area contributed by atoms with Gasteiger partial charge in [0.2, 0.25) is 0 Å². The molecule has 0 amide bonds. The molecule has 0 aliphatic carbocycles. The van der Waals surface area contributed by atoms with Crippen molar-refractivity contribution in [2.45, 2.75) is 0 Å². The van der Waals surface area contributed by atoms with Crippen molar-refractivity contribution in [3.05, 3.63) is 30.2 Å². The summed E-state index contributed by atoms with van der Waals surface area (Å²) < 4.78 is 0. The second-order valence-electron chi connectivity index (χ2n) is 2.52. The van der Waals surface area contributed by atoms with Crippen molar-refractivity contribution in [2.24, 2.45) is 0 Å². The summed E-state index contributed by atoms with van der Waals surface area (Å²) in [5, 5.41) is 3.54. The van der Waals surface area contributed by atoms with Gasteiger partial charge < -0.3 is 5.32 Å². The van der Waals surface area contributed by atoms with Crippen LogP contribution in [0, 0.1) is 0 Å². The molecule has 3 nitrogen and oxygen atoms in total. The Morgan fingerprint density at radius 2 is 2.43 bits per heavy atom. The summed E-state index contributed by atoms with van der Waals surface area (Å²) in [5.41, 5.74) is 0. The van der Waals surface area contributed by atoms with E-state index in [4.69, 9.17) is 11.6 Å². The van der Waals surface area contributed by atoms with Crippen LogP contribution in [0.3, 0.4) is 0 Å². The number of halogens is 1. The van der Waals surface area contributed by atoms with E-state index in [2.05, 4.69) is 21.9 Å². The normalized spacial score (nSPS) is 9.79. The first kappa shape index (κ1) is 11.3. The lowest BCUT2D eigenvalue weighted by atomic mass is 10.6. The van der Waals surface area contributed by atoms with Gasteiger partial charge in [-0.15, -0.1) is 6.58 Å². The van der Waals surface area contributed by atoms with Crippen molar-refractivity contribution in [1.29, 1.82) is 0 Å². The molecule has 76 valence electrons. The highest BCUT2D eigenvalue weighted by molar-refractivity contribution is 7.99. The zero-order valence-electron chi connectivity index (χ0n) is 7.74. The fraction of sp³-hybridized carbons (Fsp3) is 0.333. The lowest BCUT2D eigenvalue weighted by molar-refractivity contribution is 1.13. The van der Waals surface area contributed by atoms with Gasteiger partial charge in [0.1, 0.15) is 11.0 Å². The van der Waals surface area contributed by atoms with E-state index in [9.17, 15) is 0 Å². The summed E-state index contributed by atoms with van der Waals surface area (Å²) in [7, 11) is 0. The number of nitrogens with zero attached hydrogens (tertiary/aromatic N) is 2. The van der Waals surface area contributed by atoms with Crippen LogP contribution in [0.2, 0.25) is 5.15 Å². The maximum atomic E-state index is 5.68. The maximum Gasteiger partial charge on any atom is 0.149 e. The summed E-state index contributed by atoms with van der Waals surface area (Å²) in [6, 6.07) is 0. The lowest BCUT2D eigenvalue weighted by Gasteiger charge is -2.03. The molecule has 0 saturated heterocycles. The summed E-state index contributed by atoms with van der Waals surface area (Å²) in [4.78, 5) is 7.97. The molecule has 0 saturated carbocycles. The minimum Gasteiger partial charge on any atom is -0.368 e. The van der Waals surface area contributed by atoms with Gasteiger partial charge in [-0.05, 0) is 0 Å². The van der Waals surface area contributed by atoms with Crippen LogP contribution in [-0.2, 0) is 0 Å². The Morgan fingerprint density at radius 3 is 3.14 bits per heavy atom. The van der Waals surface area contributed by atoms with Gasteiger partial charge in [0.05, 0.1) is 12.4 Å². The van der Waals surface area contributed by atoms with Crippen LogP contribution in [0.5, 0.6) is 0 Å². The first-order chi connectivity index (χ1) is 6.83. The van der Waals surface area contributed by atoms with Crippen LogP contribution in [0.4, 0.5) is 5.82 Å². The van der Waals surface area contributed by atoms with Crippen LogP contribution >= 0.6 is 23.4 Å². The number of nitrogens with one attached hydrogen (secondary N) is 1. The van der Waals surface area contributed by atoms with Crippen LogP contribution in [-0.4, -0.2) is 28.0 Å². The van der Waals surface area contributed by atoms with Crippen molar-refractivity contribution in [3.8, 4) is 0 Å². The standard InChI is InChI=1S/C9H12ClN3S/c1-2-4-14-5-3-12-9-7-11-6-8(10)13-9/h2,6-7H,1,3-5H2,(H,12,13). The summed E-state index contributed by atoms with van der Waals surface area (Å²) in [6.07, 6.45) is 5.06. The third-order valence-electron chi connectivity index (χ3n) is 1.39. The number of hydrogen-bond donors (Lipinski definition) is 1. The van der Waals surface area contributed by atoms with Crippen molar-refractivity contribution in [1.82, 2.24) is 9.97 Å². The van der Waals surface area contributed by atoms with Crippen LogP contribution < -0.4 is 5.32 Å². The summed E-state index contributed by atoms with van der Waals surface area (Å²) in [5.74, 6) is 2.71. The van der Waals surface area contributed by atoms with Gasteiger partial charge in [0, 0.05) is 18.1 Å². The highest BCUT2D eigenvalue weighted by Gasteiger charge is 1.94. The second kappa shape index (κ2) is 6.68. The Morgan fingerprint density at radius 1 is 1.57 bits per heavy atom. The molecular formula is C9H12ClN3S. The number of anilines is 1. The SMILES string of the molecule is C=CCSCCNc1cncc(Cl)n1. The third-order valence-corrected chi connectivity index (χ3v) is 2.54. The van der Waals surface area contributed by atoms with E-state index in [0.717, 1.165) is 23.9 Å². The van der Waals surface area contributed by atoms with Crippen LogP contribution in [0.25, 0.3) is 0 Å². The monoisotopic (exact) mass is 229 g/mol. The Labute approximate surface area is 93.0 Å². The fourth-order valence-corrected chi connectivity index (χ4v) is 1.57. The van der Waals surface area contributed by atoms with Gasteiger partial charge in [-0.2, -0.15) is 11.8 Å². The molecule has 14 heavy (non-hydrogen) atoms.